The summed E-state index contributed by atoms with van der Waals surface area (Å²) in [5, 5.41) is 38.0. The van der Waals surface area contributed by atoms with Crippen molar-refractivity contribution in [2.24, 2.45) is 29.6 Å². The summed E-state index contributed by atoms with van der Waals surface area (Å²) < 4.78 is 30.9. The van der Waals surface area contributed by atoms with Crippen LogP contribution in [0.25, 0.3) is 38.7 Å². The minimum Gasteiger partial charge on any atom is -0.507 e. The quantitative estimate of drug-likeness (QED) is 0.0996. The molecule has 4 bridgehead atoms. The van der Waals surface area contributed by atoms with Crippen molar-refractivity contribution in [2.75, 3.05) is 44.5 Å². The lowest BCUT2D eigenvalue weighted by Gasteiger charge is -2.39. The Morgan fingerprint density at radius 2 is 1.64 bits per heavy atom. The van der Waals surface area contributed by atoms with E-state index in [1.807, 2.05) is 48.7 Å². The molecule has 1 amide bonds. The molecule has 16 nitrogen and oxygen atoms in total. The van der Waals surface area contributed by atoms with Crippen molar-refractivity contribution >= 4 is 62.0 Å². The molecule has 360 valence electrons. The lowest BCUT2D eigenvalue weighted by molar-refractivity contribution is -0.157. The second-order valence-electron chi connectivity index (χ2n) is 19.1. The highest BCUT2D eigenvalue weighted by atomic mass is 16.7. The fourth-order valence-corrected chi connectivity index (χ4v) is 9.91. The number of piperidine rings is 1. The second-order valence-corrected chi connectivity index (χ2v) is 19.1. The molecule has 0 spiro atoms. The molecule has 1 saturated heterocycles. The van der Waals surface area contributed by atoms with Gasteiger partial charge in [0.05, 0.1) is 29.1 Å². The molecule has 1 aromatic heterocycles. The van der Waals surface area contributed by atoms with Crippen LogP contribution in [0.3, 0.4) is 0 Å². The van der Waals surface area contributed by atoms with Crippen LogP contribution in [0.15, 0.2) is 62.3 Å². The summed E-state index contributed by atoms with van der Waals surface area (Å²) in [5.41, 5.74) is -1.12. The Labute approximate surface area is 389 Å². The minimum absolute atomic E-state index is 0.0207. The molecule has 4 heterocycles. The molecule has 0 radical (unpaired) electrons. The largest absolute Gasteiger partial charge is 0.507 e. The van der Waals surface area contributed by atoms with Crippen molar-refractivity contribution in [3.8, 4) is 11.5 Å². The van der Waals surface area contributed by atoms with Gasteiger partial charge in [-0.2, -0.15) is 0 Å². The van der Waals surface area contributed by atoms with E-state index in [-0.39, 0.29) is 84.4 Å². The molecule has 16 heteroatoms. The number of benzene rings is 3. The summed E-state index contributed by atoms with van der Waals surface area (Å²) in [6.07, 6.45) is 7.48. The van der Waals surface area contributed by atoms with E-state index in [9.17, 15) is 34.5 Å². The number of anilines is 2. The van der Waals surface area contributed by atoms with Gasteiger partial charge in [-0.05, 0) is 64.6 Å². The molecular formula is C51H64N4O12. The van der Waals surface area contributed by atoms with E-state index in [1.54, 1.807) is 37.3 Å². The maximum Gasteiger partial charge on any atom is 0.307 e. The Morgan fingerprint density at radius 3 is 2.28 bits per heavy atom. The molecule has 67 heavy (non-hydrogen) atoms. The van der Waals surface area contributed by atoms with Crippen molar-refractivity contribution in [2.45, 2.75) is 105 Å². The van der Waals surface area contributed by atoms with Gasteiger partial charge >= 0.3 is 11.8 Å². The number of amides is 1. The van der Waals surface area contributed by atoms with Gasteiger partial charge in [-0.15, -0.1) is 0 Å². The van der Waals surface area contributed by atoms with E-state index in [2.05, 4.69) is 15.1 Å². The topological polar surface area (TPSA) is 210 Å². The number of phenolic OH excluding ortho intramolecular Hbond substituents is 1. The number of allylic oxidation sites excluding steroid dienone is 2. The van der Waals surface area contributed by atoms with Crippen LogP contribution in [0.2, 0.25) is 0 Å². The monoisotopic (exact) mass is 924 g/mol. The number of nitrogens with one attached hydrogen (secondary N) is 1. The molecule has 0 saturated carbocycles. The summed E-state index contributed by atoms with van der Waals surface area (Å²) in [5.74, 6) is -5.59. The predicted molar refractivity (Wildman–Crippen MR) is 257 cm³/mol. The van der Waals surface area contributed by atoms with Gasteiger partial charge in [-0.25, -0.2) is 4.98 Å². The molecule has 4 aromatic rings. The van der Waals surface area contributed by atoms with E-state index in [4.69, 9.17) is 28.3 Å². The molecule has 4 N–H and O–H groups in total. The van der Waals surface area contributed by atoms with Gasteiger partial charge in [-0.1, -0.05) is 52.8 Å². The Kier molecular flexibility index (Phi) is 13.9. The van der Waals surface area contributed by atoms with Crippen LogP contribution >= 0.6 is 0 Å². The van der Waals surface area contributed by atoms with Gasteiger partial charge in [-0.3, -0.25) is 19.2 Å². The number of phenols is 1. The normalized spacial score (nSPS) is 29.8. The number of fused-ring (bicyclic) bond motifs is 2. The maximum absolute atomic E-state index is 14.9. The van der Waals surface area contributed by atoms with Crippen LogP contribution in [-0.2, 0) is 23.8 Å². The van der Waals surface area contributed by atoms with Crippen molar-refractivity contribution in [1.29, 1.82) is 0 Å². The molecule has 3 aliphatic rings. The molecular weight excluding hydrogens is 861 g/mol. The second kappa shape index (κ2) is 19.0. The van der Waals surface area contributed by atoms with Crippen molar-refractivity contribution in [1.82, 2.24) is 9.88 Å². The Morgan fingerprint density at radius 1 is 0.955 bits per heavy atom. The summed E-state index contributed by atoms with van der Waals surface area (Å²) >= 11 is 0. The van der Waals surface area contributed by atoms with E-state index >= 15 is 0 Å². The van der Waals surface area contributed by atoms with Crippen molar-refractivity contribution < 1.29 is 48.3 Å². The third-order valence-corrected chi connectivity index (χ3v) is 14.6. The van der Waals surface area contributed by atoms with E-state index in [1.165, 1.54) is 40.2 Å². The summed E-state index contributed by atoms with van der Waals surface area (Å²) in [6.45, 7) is 16.9. The molecule has 3 aromatic carbocycles. The number of carbonyl (C=O) groups is 2. The van der Waals surface area contributed by atoms with Gasteiger partial charge in [0.15, 0.2) is 22.4 Å². The van der Waals surface area contributed by atoms with Crippen molar-refractivity contribution in [3.05, 3.63) is 79.5 Å². The lowest BCUT2D eigenvalue weighted by atomic mass is 9.73. The van der Waals surface area contributed by atoms with Gasteiger partial charge in [0.1, 0.15) is 28.8 Å². The maximum atomic E-state index is 14.9. The van der Waals surface area contributed by atoms with Crippen LogP contribution in [0, 0.1) is 36.5 Å². The van der Waals surface area contributed by atoms with E-state index < -0.39 is 64.3 Å². The van der Waals surface area contributed by atoms with E-state index in [0.29, 0.717) is 24.8 Å². The van der Waals surface area contributed by atoms with Gasteiger partial charge in [0.2, 0.25) is 10.9 Å². The van der Waals surface area contributed by atoms with Crippen LogP contribution in [-0.4, -0.2) is 102 Å². The molecule has 3 aliphatic heterocycles. The number of nitrogens with zero attached hydrogens (tertiary/aromatic N) is 3. The molecule has 0 aliphatic carbocycles. The average Bonchev–Trinajstić information content (AvgIpc) is 3.56. The smallest absolute Gasteiger partial charge is 0.307 e. The number of aliphatic hydroxyl groups is 2. The zero-order valence-corrected chi connectivity index (χ0v) is 40.4. The number of esters is 1. The third-order valence-electron chi connectivity index (χ3n) is 14.6. The number of hydrogen-bond acceptors (Lipinski definition) is 15. The summed E-state index contributed by atoms with van der Waals surface area (Å²) in [7, 11) is 5.60. The van der Waals surface area contributed by atoms with Gasteiger partial charge < -0.3 is 53.8 Å². The number of methoxy groups -OCH3 is 1. The molecule has 9 atom stereocenters. The lowest BCUT2D eigenvalue weighted by Crippen LogP contribution is -2.43. The summed E-state index contributed by atoms with van der Waals surface area (Å²) in [4.78, 5) is 64.6. The number of aliphatic hydroxyl groups excluding tert-OH is 2. The SMILES string of the molecule is CO[C@H]1/C=C/O[C@@]2(C)Oc3c(C)c(O)c4c(=O)c(c5oc6cc(N7CCC(N(C)C)CC7)cc(=O)c6nc5c4c3=C2O)NC(=O)/C(C)=C\C=C\[C@H](C)[C@H](O)[C@@H](C)[C@@H](C)[C@@H](C)[C@H](OC(C)=O)[C@@H]1C. The molecule has 0 unspecified atom stereocenters. The Bertz CT molecular complexity index is 2880. The van der Waals surface area contributed by atoms with Gasteiger partial charge in [0, 0.05) is 86.3 Å². The average molecular weight is 925 g/mol. The molecule has 7 rings (SSSR count). The van der Waals surface area contributed by atoms with E-state index in [0.717, 1.165) is 12.8 Å². The zero-order chi connectivity index (χ0) is 49.0. The Balaban J connectivity index is 1.47. The number of aromatic hydroxyl groups is 1. The summed E-state index contributed by atoms with van der Waals surface area (Å²) in [6, 6.07) is 3.57. The highest BCUT2D eigenvalue weighted by Crippen LogP contribution is 2.42. The van der Waals surface area contributed by atoms with Crippen LogP contribution in [0.5, 0.6) is 11.5 Å². The number of hydrogen-bond donors (Lipinski definition) is 4. The van der Waals surface area contributed by atoms with Crippen LogP contribution in [0.1, 0.15) is 73.8 Å². The highest BCUT2D eigenvalue weighted by molar-refractivity contribution is 6.16. The predicted octanol–water partition coefficient (Wildman–Crippen LogP) is 6.37. The number of rotatable bonds is 4. The van der Waals surface area contributed by atoms with Crippen LogP contribution in [0.4, 0.5) is 11.4 Å². The number of carbonyl (C=O) groups excluding carboxylic acids is 2. The first kappa shape index (κ1) is 48.9. The highest BCUT2D eigenvalue weighted by Gasteiger charge is 2.44. The fourth-order valence-electron chi connectivity index (χ4n) is 9.91. The zero-order valence-electron chi connectivity index (χ0n) is 40.4. The minimum atomic E-state index is -1.94. The first-order valence-corrected chi connectivity index (χ1v) is 23.0. The first-order valence-electron chi connectivity index (χ1n) is 23.0. The molecule has 1 fully saturated rings. The Hall–Kier alpha value is -5.97. The third kappa shape index (κ3) is 8.98. The van der Waals surface area contributed by atoms with Crippen LogP contribution < -0.4 is 31.0 Å². The fraction of sp³-hybridized carbons (Fsp3) is 0.510. The van der Waals surface area contributed by atoms with Crippen molar-refractivity contribution in [3.63, 3.8) is 0 Å². The standard InChI is InChI=1S/C51H64N4O12/c1-24-14-13-15-25(2)50(62)53-42-45(60)38-37(41-48(42)66-36-23-33(22-34(57)40(36)52-41)55-19-16-32(17-20-55)54(10)11)39-47(30(7)44(38)59)67-51(9,49(39)61)64-21-18-35(63-12)29(6)46(65-31(8)56)28(5)26(3)27(4)43(24)58/h13-15,18,21-24,26-29,32,35,43,46,58-59,61H,16-17,19-20H2,1-12H3,(H,53,62)/b14-13+,21-18+,25-15-/t24-,26+,27-,28+,29+,35-,43-,46-,51-/m0/s1. The first-order chi connectivity index (χ1) is 31.6. The van der Waals surface area contributed by atoms with Gasteiger partial charge in [0.25, 0.3) is 5.91 Å². The number of ether oxygens (including phenoxy) is 4. The number of aromatic nitrogens is 1.